The average molecular weight is 403 g/mol. The van der Waals surface area contributed by atoms with Gasteiger partial charge in [0.25, 0.3) is 0 Å². The molecule has 0 saturated heterocycles. The highest BCUT2D eigenvalue weighted by atomic mass is 15.2. The van der Waals surface area contributed by atoms with Crippen LogP contribution >= 0.6 is 0 Å². The molecule has 0 bridgehead atoms. The van der Waals surface area contributed by atoms with Crippen LogP contribution in [0.15, 0.2) is 85.1 Å². The molecule has 3 aromatic carbocycles. The number of para-hydroxylation sites is 1. The topological polar surface area (TPSA) is 16.1 Å². The molecule has 6 rings (SSSR count). The van der Waals surface area contributed by atoms with Crippen molar-refractivity contribution in [2.75, 3.05) is 4.90 Å². The fourth-order valence-electron chi connectivity index (χ4n) is 5.63. The number of fused-ring (bicyclic) bond motifs is 5. The summed E-state index contributed by atoms with van der Waals surface area (Å²) in [6.07, 6.45) is 1.88. The molecule has 0 atom stereocenters. The van der Waals surface area contributed by atoms with E-state index in [1.807, 2.05) is 12.3 Å². The van der Waals surface area contributed by atoms with E-state index in [1.165, 1.54) is 44.8 Å². The van der Waals surface area contributed by atoms with Crippen LogP contribution in [0.25, 0.3) is 11.1 Å². The molecule has 0 amide bonds. The zero-order chi connectivity index (χ0) is 21.4. The van der Waals surface area contributed by atoms with Crippen LogP contribution in [0.1, 0.15) is 49.9 Å². The molecule has 1 aliphatic heterocycles. The monoisotopic (exact) mass is 402 g/mol. The minimum absolute atomic E-state index is 0.0299. The van der Waals surface area contributed by atoms with Crippen molar-refractivity contribution in [2.45, 2.75) is 38.5 Å². The number of anilines is 3. The third-order valence-corrected chi connectivity index (χ3v) is 7.31. The molecule has 1 aromatic heterocycles. The first-order chi connectivity index (χ1) is 14.9. The second-order valence-corrected chi connectivity index (χ2v) is 9.75. The van der Waals surface area contributed by atoms with Crippen LogP contribution in [-0.2, 0) is 10.8 Å². The van der Waals surface area contributed by atoms with Gasteiger partial charge < -0.3 is 0 Å². The maximum Gasteiger partial charge on any atom is 0.137 e. The van der Waals surface area contributed by atoms with Crippen molar-refractivity contribution >= 4 is 17.2 Å². The van der Waals surface area contributed by atoms with Crippen molar-refractivity contribution in [1.82, 2.24) is 4.98 Å². The first-order valence-corrected chi connectivity index (χ1v) is 11.0. The van der Waals surface area contributed by atoms with Crippen molar-refractivity contribution in [1.29, 1.82) is 0 Å². The molecule has 0 spiro atoms. The highest BCUT2D eigenvalue weighted by Gasteiger charge is 2.42. The standard InChI is InChI=1S/C29H26N2/c1-28(2)21-12-6-5-11-19(21)20-17-24-26(18-23(20)28)31(27-15-9-10-16-30-27)25-14-8-7-13-22(25)29(24,3)4/h5-18H,1-4H3. The molecule has 0 unspecified atom stereocenters. The molecule has 4 aromatic rings. The van der Waals surface area contributed by atoms with Gasteiger partial charge in [-0.05, 0) is 63.7 Å². The van der Waals surface area contributed by atoms with Crippen molar-refractivity contribution in [2.24, 2.45) is 0 Å². The van der Waals surface area contributed by atoms with Crippen molar-refractivity contribution in [3.05, 3.63) is 107 Å². The van der Waals surface area contributed by atoms with E-state index < -0.39 is 0 Å². The molecule has 2 heteroatoms. The van der Waals surface area contributed by atoms with Crippen molar-refractivity contribution < 1.29 is 0 Å². The zero-order valence-electron chi connectivity index (χ0n) is 18.5. The van der Waals surface area contributed by atoms with E-state index >= 15 is 0 Å². The van der Waals surface area contributed by atoms with Crippen LogP contribution in [0.4, 0.5) is 17.2 Å². The van der Waals surface area contributed by atoms with E-state index in [0.717, 1.165) is 5.82 Å². The van der Waals surface area contributed by atoms with Gasteiger partial charge in [0.15, 0.2) is 0 Å². The van der Waals surface area contributed by atoms with Crippen molar-refractivity contribution in [3.8, 4) is 11.1 Å². The molecule has 2 aliphatic rings. The normalized spacial score (nSPS) is 16.8. The molecule has 2 heterocycles. The van der Waals surface area contributed by atoms with E-state index in [1.54, 1.807) is 0 Å². The summed E-state index contributed by atoms with van der Waals surface area (Å²) in [6.45, 7) is 9.38. The Labute approximate surface area is 184 Å². The molecule has 31 heavy (non-hydrogen) atoms. The number of hydrogen-bond donors (Lipinski definition) is 0. The molecule has 0 fully saturated rings. The Hall–Kier alpha value is -3.39. The van der Waals surface area contributed by atoms with Gasteiger partial charge in [0.2, 0.25) is 0 Å². The third kappa shape index (κ3) is 2.36. The number of rotatable bonds is 1. The van der Waals surface area contributed by atoms with Crippen LogP contribution in [0.2, 0.25) is 0 Å². The van der Waals surface area contributed by atoms with Crippen LogP contribution < -0.4 is 4.90 Å². The maximum atomic E-state index is 4.74. The quantitative estimate of drug-likeness (QED) is 0.328. The summed E-state index contributed by atoms with van der Waals surface area (Å²) in [6, 6.07) is 28.7. The highest BCUT2D eigenvalue weighted by molar-refractivity contribution is 5.90. The van der Waals surface area contributed by atoms with Crippen LogP contribution in [0.3, 0.4) is 0 Å². The average Bonchev–Trinajstić information content (AvgIpc) is 3.01. The summed E-state index contributed by atoms with van der Waals surface area (Å²) in [4.78, 5) is 7.09. The summed E-state index contributed by atoms with van der Waals surface area (Å²) < 4.78 is 0. The molecule has 152 valence electrons. The Morgan fingerprint density at radius 2 is 1.26 bits per heavy atom. The van der Waals surface area contributed by atoms with Crippen molar-refractivity contribution in [3.63, 3.8) is 0 Å². The Balaban J connectivity index is 1.70. The van der Waals surface area contributed by atoms with Gasteiger partial charge in [0.1, 0.15) is 5.82 Å². The molecule has 0 N–H and O–H groups in total. The minimum atomic E-state index is -0.103. The summed E-state index contributed by atoms with van der Waals surface area (Å²) >= 11 is 0. The summed E-state index contributed by atoms with van der Waals surface area (Å²) in [5.41, 5.74) is 10.5. The number of aromatic nitrogens is 1. The largest absolute Gasteiger partial charge is 0.294 e. The van der Waals surface area contributed by atoms with Gasteiger partial charge >= 0.3 is 0 Å². The Morgan fingerprint density at radius 3 is 2.03 bits per heavy atom. The summed E-state index contributed by atoms with van der Waals surface area (Å²) in [5, 5.41) is 0. The first kappa shape index (κ1) is 18.4. The molecule has 2 nitrogen and oxygen atoms in total. The van der Waals surface area contributed by atoms with Gasteiger partial charge in [-0.3, -0.25) is 4.90 Å². The molecule has 0 saturated carbocycles. The Kier molecular flexibility index (Phi) is 3.60. The fraction of sp³-hybridized carbons (Fsp3) is 0.207. The van der Waals surface area contributed by atoms with Gasteiger partial charge in [-0.1, -0.05) is 76.2 Å². The molecular weight excluding hydrogens is 376 g/mol. The maximum absolute atomic E-state index is 4.74. The smallest absolute Gasteiger partial charge is 0.137 e. The predicted molar refractivity (Wildman–Crippen MR) is 129 cm³/mol. The van der Waals surface area contributed by atoms with Gasteiger partial charge in [0.05, 0.1) is 11.4 Å². The van der Waals surface area contributed by atoms with E-state index in [-0.39, 0.29) is 10.8 Å². The first-order valence-electron chi connectivity index (χ1n) is 11.0. The van der Waals surface area contributed by atoms with Crippen LogP contribution in [0.5, 0.6) is 0 Å². The summed E-state index contributed by atoms with van der Waals surface area (Å²) in [7, 11) is 0. The van der Waals surface area contributed by atoms with E-state index in [9.17, 15) is 0 Å². The lowest BCUT2D eigenvalue weighted by Crippen LogP contribution is -2.31. The molecular formula is C29H26N2. The molecule has 1 aliphatic carbocycles. The number of nitrogens with zero attached hydrogens (tertiary/aromatic N) is 2. The number of hydrogen-bond acceptors (Lipinski definition) is 2. The number of benzene rings is 3. The van der Waals surface area contributed by atoms with E-state index in [2.05, 4.69) is 105 Å². The minimum Gasteiger partial charge on any atom is -0.294 e. The Morgan fingerprint density at radius 1 is 0.581 bits per heavy atom. The van der Waals surface area contributed by atoms with E-state index in [0.29, 0.717) is 0 Å². The lowest BCUT2D eigenvalue weighted by atomic mass is 9.72. The third-order valence-electron chi connectivity index (χ3n) is 7.31. The second-order valence-electron chi connectivity index (χ2n) is 9.75. The van der Waals surface area contributed by atoms with Gasteiger partial charge in [-0.15, -0.1) is 0 Å². The SMILES string of the molecule is CC1(C)c2ccccc2-c2cc3c(cc21)N(c1ccccn1)c1ccccc1C3(C)C. The second kappa shape index (κ2) is 6.07. The zero-order valence-corrected chi connectivity index (χ0v) is 18.5. The Bertz CT molecular complexity index is 1330. The van der Waals surface area contributed by atoms with Gasteiger partial charge in [-0.25, -0.2) is 4.98 Å². The lowest BCUT2D eigenvalue weighted by molar-refractivity contribution is 0.627. The fourth-order valence-corrected chi connectivity index (χ4v) is 5.63. The van der Waals surface area contributed by atoms with Crippen LogP contribution in [0, 0.1) is 0 Å². The molecule has 0 radical (unpaired) electrons. The predicted octanol–water partition coefficient (Wildman–Crippen LogP) is 7.50. The van der Waals surface area contributed by atoms with Gasteiger partial charge in [-0.2, -0.15) is 0 Å². The van der Waals surface area contributed by atoms with Gasteiger partial charge in [0, 0.05) is 17.0 Å². The van der Waals surface area contributed by atoms with Crippen LogP contribution in [-0.4, -0.2) is 4.98 Å². The van der Waals surface area contributed by atoms with E-state index in [4.69, 9.17) is 4.98 Å². The summed E-state index contributed by atoms with van der Waals surface area (Å²) in [5.74, 6) is 0.958. The highest BCUT2D eigenvalue weighted by Crippen LogP contribution is 2.56. The lowest BCUT2D eigenvalue weighted by Gasteiger charge is -2.42. The number of pyridine rings is 1.